The summed E-state index contributed by atoms with van der Waals surface area (Å²) >= 11 is 0. The van der Waals surface area contributed by atoms with Crippen molar-refractivity contribution in [3.05, 3.63) is 24.3 Å². The molecular formula is C57H107NO13. The molecule has 0 radical (unpaired) electrons. The third-order valence-electron chi connectivity index (χ3n) is 14.4. The summed E-state index contributed by atoms with van der Waals surface area (Å²) in [7, 11) is 0. The average Bonchev–Trinajstić information content (AvgIpc) is 3.37. The van der Waals surface area contributed by atoms with Crippen LogP contribution in [0.3, 0.4) is 0 Å². The number of carbonyl (C=O) groups excluding carboxylic acids is 1. The van der Waals surface area contributed by atoms with Crippen molar-refractivity contribution in [3.63, 3.8) is 0 Å². The lowest BCUT2D eigenvalue weighted by molar-refractivity contribution is -0.359. The number of amides is 1. The van der Waals surface area contributed by atoms with E-state index in [4.69, 9.17) is 18.9 Å². The Hall–Kier alpha value is -1.53. The maximum absolute atomic E-state index is 13.2. The molecule has 0 spiro atoms. The first-order chi connectivity index (χ1) is 34.6. The summed E-state index contributed by atoms with van der Waals surface area (Å²) in [4.78, 5) is 13.2. The molecule has 12 atom stereocenters. The maximum atomic E-state index is 13.2. The molecule has 14 heteroatoms. The van der Waals surface area contributed by atoms with Gasteiger partial charge in [0.15, 0.2) is 12.6 Å². The molecule has 1 amide bonds. The zero-order valence-corrected chi connectivity index (χ0v) is 44.7. The number of ether oxygens (including phenoxy) is 4. The van der Waals surface area contributed by atoms with Crippen LogP contribution < -0.4 is 5.32 Å². The van der Waals surface area contributed by atoms with Crippen LogP contribution in [0.25, 0.3) is 0 Å². The van der Waals surface area contributed by atoms with E-state index in [-0.39, 0.29) is 18.9 Å². The van der Waals surface area contributed by atoms with Gasteiger partial charge < -0.3 is 65.1 Å². The van der Waals surface area contributed by atoms with Crippen LogP contribution in [-0.2, 0) is 23.7 Å². The number of unbranched alkanes of at least 4 members (excludes halogenated alkanes) is 29. The second-order valence-corrected chi connectivity index (χ2v) is 20.8. The minimum Gasteiger partial charge on any atom is -0.394 e. The Bertz CT molecular complexity index is 1290. The van der Waals surface area contributed by atoms with E-state index in [0.717, 1.165) is 77.0 Å². The number of nitrogens with one attached hydrogen (secondary N) is 1. The topological polar surface area (TPSA) is 228 Å². The molecule has 2 rings (SSSR count). The van der Waals surface area contributed by atoms with E-state index >= 15 is 0 Å². The van der Waals surface area contributed by atoms with Crippen LogP contribution in [-0.4, -0.2) is 140 Å². The summed E-state index contributed by atoms with van der Waals surface area (Å²) in [5.74, 6) is -0.220. The Morgan fingerprint density at radius 1 is 0.507 bits per heavy atom. The van der Waals surface area contributed by atoms with Crippen molar-refractivity contribution in [1.82, 2.24) is 5.32 Å². The maximum Gasteiger partial charge on any atom is 0.220 e. The normalized spacial score (nSPS) is 25.9. The number of hydrogen-bond donors (Lipinski definition) is 9. The van der Waals surface area contributed by atoms with Crippen LogP contribution in [0.1, 0.15) is 239 Å². The van der Waals surface area contributed by atoms with E-state index < -0.39 is 86.8 Å². The van der Waals surface area contributed by atoms with Gasteiger partial charge in [-0.1, -0.05) is 218 Å². The number of carbonyl (C=O) groups is 1. The molecule has 418 valence electrons. The van der Waals surface area contributed by atoms with Crippen molar-refractivity contribution in [2.24, 2.45) is 0 Å². The van der Waals surface area contributed by atoms with Gasteiger partial charge in [-0.05, 0) is 38.5 Å². The highest BCUT2D eigenvalue weighted by molar-refractivity contribution is 5.76. The quantitative estimate of drug-likeness (QED) is 0.0205. The Balaban J connectivity index is 1.73. The number of allylic oxidation sites excluding steroid dienone is 4. The molecule has 0 aromatic heterocycles. The summed E-state index contributed by atoms with van der Waals surface area (Å²) in [6.45, 7) is 2.80. The lowest BCUT2D eigenvalue weighted by Gasteiger charge is -2.46. The van der Waals surface area contributed by atoms with E-state index in [1.54, 1.807) is 0 Å². The molecule has 2 heterocycles. The van der Waals surface area contributed by atoms with Crippen molar-refractivity contribution in [2.75, 3.05) is 19.8 Å². The van der Waals surface area contributed by atoms with Crippen LogP contribution >= 0.6 is 0 Å². The van der Waals surface area contributed by atoms with Gasteiger partial charge in [0.05, 0.1) is 32.0 Å². The van der Waals surface area contributed by atoms with E-state index in [1.807, 2.05) is 0 Å². The van der Waals surface area contributed by atoms with Crippen LogP contribution in [0.2, 0.25) is 0 Å². The second kappa shape index (κ2) is 43.7. The van der Waals surface area contributed by atoms with Crippen molar-refractivity contribution in [2.45, 2.75) is 312 Å². The van der Waals surface area contributed by atoms with Gasteiger partial charge in [0.2, 0.25) is 5.91 Å². The van der Waals surface area contributed by atoms with Gasteiger partial charge in [-0.15, -0.1) is 0 Å². The first-order valence-electron chi connectivity index (χ1n) is 29.1. The van der Waals surface area contributed by atoms with Crippen molar-refractivity contribution >= 4 is 5.91 Å². The zero-order chi connectivity index (χ0) is 51.7. The minimum atomic E-state index is -1.78. The van der Waals surface area contributed by atoms with Gasteiger partial charge in [0.1, 0.15) is 48.8 Å². The molecule has 2 aliphatic rings. The molecule has 0 saturated carbocycles. The molecule has 9 N–H and O–H groups in total. The van der Waals surface area contributed by atoms with Crippen LogP contribution in [0.4, 0.5) is 0 Å². The Morgan fingerprint density at radius 2 is 0.958 bits per heavy atom. The average molecular weight is 1010 g/mol. The Kier molecular flexibility index (Phi) is 40.4. The largest absolute Gasteiger partial charge is 0.394 e. The summed E-state index contributed by atoms with van der Waals surface area (Å²) in [5.41, 5.74) is 0. The van der Waals surface area contributed by atoms with E-state index in [2.05, 4.69) is 43.5 Å². The van der Waals surface area contributed by atoms with Gasteiger partial charge in [-0.25, -0.2) is 0 Å². The first-order valence-corrected chi connectivity index (χ1v) is 29.1. The van der Waals surface area contributed by atoms with Crippen LogP contribution in [0.15, 0.2) is 24.3 Å². The third-order valence-corrected chi connectivity index (χ3v) is 14.4. The first kappa shape index (κ1) is 65.6. The molecule has 2 aliphatic heterocycles. The van der Waals surface area contributed by atoms with Gasteiger partial charge >= 0.3 is 0 Å². The summed E-state index contributed by atoms with van der Waals surface area (Å²) in [6.07, 6.45) is 33.3. The molecule has 0 aromatic carbocycles. The van der Waals surface area contributed by atoms with Gasteiger partial charge in [0, 0.05) is 6.42 Å². The van der Waals surface area contributed by atoms with Crippen molar-refractivity contribution in [3.8, 4) is 0 Å². The van der Waals surface area contributed by atoms with E-state index in [0.29, 0.717) is 12.8 Å². The number of rotatable bonds is 46. The fourth-order valence-corrected chi connectivity index (χ4v) is 9.69. The zero-order valence-electron chi connectivity index (χ0n) is 44.7. The fourth-order valence-electron chi connectivity index (χ4n) is 9.69. The smallest absolute Gasteiger partial charge is 0.220 e. The molecule has 14 nitrogen and oxygen atoms in total. The summed E-state index contributed by atoms with van der Waals surface area (Å²) < 4.78 is 22.8. The van der Waals surface area contributed by atoms with Crippen molar-refractivity contribution in [1.29, 1.82) is 0 Å². The number of aliphatic hydroxyl groups excluding tert-OH is 8. The van der Waals surface area contributed by atoms with Gasteiger partial charge in [-0.3, -0.25) is 4.79 Å². The molecule has 2 fully saturated rings. The molecule has 12 unspecified atom stereocenters. The van der Waals surface area contributed by atoms with Gasteiger partial charge in [-0.2, -0.15) is 0 Å². The predicted molar refractivity (Wildman–Crippen MR) is 282 cm³/mol. The second-order valence-electron chi connectivity index (χ2n) is 20.8. The highest BCUT2D eigenvalue weighted by atomic mass is 16.7. The number of aliphatic hydroxyl groups is 8. The van der Waals surface area contributed by atoms with E-state index in [9.17, 15) is 45.6 Å². The SMILES string of the molecule is CCC/C=C\C/C=C\CCCCCCCC(=O)NC(COC1OC(CO)C(OC2OC(CO)C(O)C(O)C2O)C(O)C1O)C(O)CCCCCCCCCCCCCCCCCCCCCCCCCC. The third kappa shape index (κ3) is 30.0. The fraction of sp³-hybridized carbons (Fsp3) is 0.912. The summed E-state index contributed by atoms with van der Waals surface area (Å²) in [5, 5.41) is 87.1. The summed E-state index contributed by atoms with van der Waals surface area (Å²) in [6, 6.07) is -0.834. The standard InChI is InChI=1S/C57H107NO13/c1-3-5-7-9-11-13-15-17-18-19-20-21-22-23-24-25-26-27-29-30-32-34-36-38-40-46(61)45(58-49(62)41-39-37-35-33-31-28-16-14-12-10-8-6-4-2)44-68-56-54(67)52(65)55(48(43-60)70-56)71-57-53(66)51(64)50(63)47(42-59)69-57/h8,10,14,16,45-48,50-57,59-61,63-67H,3-7,9,11-13,15,17-44H2,1-2H3,(H,58,62)/b10-8-,16-14-. The van der Waals surface area contributed by atoms with Crippen LogP contribution in [0, 0.1) is 0 Å². The molecule has 0 aliphatic carbocycles. The number of hydrogen-bond acceptors (Lipinski definition) is 13. The highest BCUT2D eigenvalue weighted by Gasteiger charge is 2.51. The Labute approximate surface area is 430 Å². The van der Waals surface area contributed by atoms with Crippen LogP contribution in [0.5, 0.6) is 0 Å². The minimum absolute atomic E-state index is 0.220. The lowest BCUT2D eigenvalue weighted by atomic mass is 9.97. The highest BCUT2D eigenvalue weighted by Crippen LogP contribution is 2.30. The lowest BCUT2D eigenvalue weighted by Crippen LogP contribution is -2.65. The predicted octanol–water partition coefficient (Wildman–Crippen LogP) is 9.28. The molecule has 0 bridgehead atoms. The molecule has 2 saturated heterocycles. The monoisotopic (exact) mass is 1010 g/mol. The Morgan fingerprint density at radius 3 is 1.46 bits per heavy atom. The van der Waals surface area contributed by atoms with Gasteiger partial charge in [0.25, 0.3) is 0 Å². The molecule has 0 aromatic rings. The molecular weight excluding hydrogens is 907 g/mol. The molecule has 71 heavy (non-hydrogen) atoms. The van der Waals surface area contributed by atoms with E-state index in [1.165, 1.54) is 128 Å². The van der Waals surface area contributed by atoms with Crippen molar-refractivity contribution < 1.29 is 64.6 Å².